The number of aryl methyl sites for hydroxylation is 1. The number of carbonyl (C=O) groups excluding carboxylic acids is 2. The fourth-order valence-electron chi connectivity index (χ4n) is 6.68. The quantitative estimate of drug-likeness (QED) is 0.0905. The van der Waals surface area contributed by atoms with Crippen LogP contribution < -0.4 is 26.4 Å². The summed E-state index contributed by atoms with van der Waals surface area (Å²) >= 11 is 0. The van der Waals surface area contributed by atoms with E-state index in [4.69, 9.17) is 15.2 Å². The summed E-state index contributed by atoms with van der Waals surface area (Å²) in [5.41, 5.74) is 16.3. The minimum atomic E-state index is -0.399. The van der Waals surface area contributed by atoms with Crippen molar-refractivity contribution in [1.29, 1.82) is 0 Å². The minimum Gasteiger partial charge on any atom is -0.489 e. The van der Waals surface area contributed by atoms with Crippen LogP contribution in [0.4, 0.5) is 16.2 Å². The molecule has 1 heterocycles. The Balaban J connectivity index is 0.821. The maximum Gasteiger partial charge on any atom is 0.407 e. The van der Waals surface area contributed by atoms with Crippen LogP contribution in [0.2, 0.25) is 0 Å². The Kier molecular flexibility index (Phi) is 10.4. The van der Waals surface area contributed by atoms with E-state index in [1.165, 1.54) is 22.3 Å². The second-order valence-electron chi connectivity index (χ2n) is 12.9. The van der Waals surface area contributed by atoms with E-state index in [1.807, 2.05) is 97.9 Å². The molecule has 0 aliphatic heterocycles. The number of nitrogens with two attached hydrogens (primary N) is 1. The van der Waals surface area contributed by atoms with Gasteiger partial charge in [-0.25, -0.2) is 4.79 Å². The largest absolute Gasteiger partial charge is 0.489 e. The van der Waals surface area contributed by atoms with E-state index in [0.29, 0.717) is 42.4 Å². The van der Waals surface area contributed by atoms with Crippen molar-refractivity contribution in [1.82, 2.24) is 15.6 Å². The number of nitrogens with zero attached hydrogens (tertiary/aromatic N) is 1. The van der Waals surface area contributed by atoms with Crippen molar-refractivity contribution in [3.63, 3.8) is 0 Å². The lowest BCUT2D eigenvalue weighted by atomic mass is 9.98. The monoisotopic (exact) mass is 691 g/mol. The van der Waals surface area contributed by atoms with E-state index >= 15 is 0 Å². The van der Waals surface area contributed by atoms with Gasteiger partial charge in [0, 0.05) is 52.6 Å². The van der Waals surface area contributed by atoms with E-state index in [-0.39, 0.29) is 18.4 Å². The Morgan fingerprint density at radius 3 is 2.29 bits per heavy atom. The number of fused-ring (bicyclic) bond motifs is 4. The first-order valence-corrected chi connectivity index (χ1v) is 17.5. The smallest absolute Gasteiger partial charge is 0.407 e. The molecule has 52 heavy (non-hydrogen) atoms. The van der Waals surface area contributed by atoms with Crippen LogP contribution in [0.15, 0.2) is 121 Å². The maximum absolute atomic E-state index is 13.3. The highest BCUT2D eigenvalue weighted by Crippen LogP contribution is 2.44. The number of nitrogens with one attached hydrogen (secondary N) is 3. The lowest BCUT2D eigenvalue weighted by Gasteiger charge is -2.14. The van der Waals surface area contributed by atoms with Crippen molar-refractivity contribution in [2.75, 3.05) is 30.7 Å². The molecule has 6 aromatic rings. The summed E-state index contributed by atoms with van der Waals surface area (Å²) in [7, 11) is 0. The van der Waals surface area contributed by atoms with E-state index < -0.39 is 6.09 Å². The van der Waals surface area contributed by atoms with Crippen LogP contribution >= 0.6 is 0 Å². The number of hydrogen-bond acceptors (Lipinski definition) is 7. The molecule has 262 valence electrons. The summed E-state index contributed by atoms with van der Waals surface area (Å²) < 4.78 is 11.7. The van der Waals surface area contributed by atoms with Gasteiger partial charge >= 0.3 is 6.09 Å². The number of alkyl carbamates (subject to hydrolysis) is 1. The molecule has 0 radical (unpaired) electrons. The number of hydrogen-bond donors (Lipinski definition) is 4. The molecule has 0 saturated heterocycles. The number of pyridine rings is 1. The number of benzene rings is 5. The molecule has 0 fully saturated rings. The van der Waals surface area contributed by atoms with Gasteiger partial charge in [-0.05, 0) is 90.2 Å². The summed E-state index contributed by atoms with van der Waals surface area (Å²) in [6.07, 6.45) is 0.369. The Bertz CT molecular complexity index is 2170. The predicted molar refractivity (Wildman–Crippen MR) is 205 cm³/mol. The van der Waals surface area contributed by atoms with E-state index in [1.54, 1.807) is 6.07 Å². The molecular weight excluding hydrogens is 651 g/mol. The second kappa shape index (κ2) is 15.8. The third kappa shape index (κ3) is 7.90. The van der Waals surface area contributed by atoms with Crippen LogP contribution in [0.5, 0.6) is 5.75 Å². The van der Waals surface area contributed by atoms with Gasteiger partial charge in [0.25, 0.3) is 5.91 Å². The van der Waals surface area contributed by atoms with Gasteiger partial charge in [0.2, 0.25) is 0 Å². The average Bonchev–Trinajstić information content (AvgIpc) is 3.48. The van der Waals surface area contributed by atoms with Crippen LogP contribution in [0.3, 0.4) is 0 Å². The first-order valence-electron chi connectivity index (χ1n) is 17.5. The number of ether oxygens (including phenoxy) is 2. The molecule has 5 N–H and O–H groups in total. The summed E-state index contributed by atoms with van der Waals surface area (Å²) in [6, 6.07) is 39.2. The molecule has 9 heteroatoms. The van der Waals surface area contributed by atoms with Crippen LogP contribution in [0.25, 0.3) is 22.0 Å². The predicted octanol–water partition coefficient (Wildman–Crippen LogP) is 7.98. The highest BCUT2D eigenvalue weighted by molar-refractivity contribution is 6.06. The van der Waals surface area contributed by atoms with E-state index in [2.05, 4.69) is 45.2 Å². The lowest BCUT2D eigenvalue weighted by Crippen LogP contribution is -2.29. The molecule has 0 unspecified atom stereocenters. The summed E-state index contributed by atoms with van der Waals surface area (Å²) in [4.78, 5) is 30.2. The van der Waals surface area contributed by atoms with Gasteiger partial charge in [0.05, 0.1) is 5.52 Å². The normalized spacial score (nSPS) is 11.9. The van der Waals surface area contributed by atoms with Crippen LogP contribution in [0, 0.1) is 6.92 Å². The molecule has 0 spiro atoms. The van der Waals surface area contributed by atoms with Crippen LogP contribution in [-0.2, 0) is 17.9 Å². The number of amides is 2. The zero-order chi connectivity index (χ0) is 35.9. The van der Waals surface area contributed by atoms with Gasteiger partial charge in [-0.2, -0.15) is 0 Å². The van der Waals surface area contributed by atoms with Gasteiger partial charge in [-0.3, -0.25) is 9.78 Å². The van der Waals surface area contributed by atoms with Crippen molar-refractivity contribution in [2.45, 2.75) is 32.4 Å². The molecule has 0 saturated carbocycles. The molecular formula is C43H41N5O4. The number of nitrogen functional groups attached to an aromatic ring is 1. The average molecular weight is 692 g/mol. The van der Waals surface area contributed by atoms with Crippen LogP contribution in [-0.4, -0.2) is 36.7 Å². The van der Waals surface area contributed by atoms with Crippen molar-refractivity contribution < 1.29 is 19.1 Å². The van der Waals surface area contributed by atoms with E-state index in [9.17, 15) is 9.59 Å². The Morgan fingerprint density at radius 1 is 0.808 bits per heavy atom. The fourth-order valence-corrected chi connectivity index (χ4v) is 6.68. The van der Waals surface area contributed by atoms with Gasteiger partial charge in [0.15, 0.2) is 0 Å². The highest BCUT2D eigenvalue weighted by atomic mass is 16.5. The topological polar surface area (TPSA) is 128 Å². The second-order valence-corrected chi connectivity index (χ2v) is 12.9. The number of aromatic nitrogens is 1. The van der Waals surface area contributed by atoms with Gasteiger partial charge in [-0.15, -0.1) is 0 Å². The molecule has 5 aromatic carbocycles. The molecule has 1 aromatic heterocycles. The van der Waals surface area contributed by atoms with Crippen molar-refractivity contribution in [3.8, 4) is 16.9 Å². The Hall–Kier alpha value is -6.19. The van der Waals surface area contributed by atoms with Gasteiger partial charge < -0.3 is 31.2 Å². The summed E-state index contributed by atoms with van der Waals surface area (Å²) in [5, 5.41) is 10.1. The number of carbonyl (C=O) groups is 2. The molecule has 9 nitrogen and oxygen atoms in total. The fraction of sp³-hybridized carbons (Fsp3) is 0.186. The first kappa shape index (κ1) is 34.3. The standard InChI is InChI=1S/C43H41N5O4/c1-28-23-40(44)38-24-31(17-20-41(38)47-28)48-42(49)33-10-3-2-9-30(33)26-51-32-18-15-29(16-19-32)25-45-21-8-22-46-43(50)52-27-39-36-13-6-4-11-34(36)35-12-5-7-14-37(35)39/h2-7,9-20,23-24,39,45H,8,21-22,25-27H2,1H3,(H2,44,47)(H,46,50)(H,48,49). The number of rotatable bonds is 13. The Labute approximate surface area is 303 Å². The van der Waals surface area contributed by atoms with Gasteiger partial charge in [-0.1, -0.05) is 78.9 Å². The summed E-state index contributed by atoms with van der Waals surface area (Å²) in [6.45, 7) is 4.39. The minimum absolute atomic E-state index is 0.0457. The summed E-state index contributed by atoms with van der Waals surface area (Å²) in [5.74, 6) is 0.524. The highest BCUT2D eigenvalue weighted by Gasteiger charge is 2.29. The molecule has 2 amide bonds. The maximum atomic E-state index is 13.3. The van der Waals surface area contributed by atoms with Crippen molar-refractivity contribution >= 4 is 34.3 Å². The lowest BCUT2D eigenvalue weighted by molar-refractivity contribution is 0.102. The number of anilines is 2. The molecule has 7 rings (SSSR count). The van der Waals surface area contributed by atoms with Crippen molar-refractivity contribution in [3.05, 3.63) is 155 Å². The van der Waals surface area contributed by atoms with E-state index in [0.717, 1.165) is 40.7 Å². The zero-order valence-electron chi connectivity index (χ0n) is 29.0. The Morgan fingerprint density at radius 2 is 1.52 bits per heavy atom. The molecule has 1 aliphatic carbocycles. The third-order valence-electron chi connectivity index (χ3n) is 9.28. The van der Waals surface area contributed by atoms with Crippen LogP contribution in [0.1, 0.15) is 50.6 Å². The van der Waals surface area contributed by atoms with Crippen molar-refractivity contribution in [2.24, 2.45) is 0 Å². The SMILES string of the molecule is Cc1cc(N)c2cc(NC(=O)c3ccccc3COc3ccc(CNCCCNC(=O)OCC4c5ccccc5-c5ccccc54)cc3)ccc2n1. The molecule has 0 bridgehead atoms. The molecule has 0 atom stereocenters. The zero-order valence-corrected chi connectivity index (χ0v) is 29.0. The third-order valence-corrected chi connectivity index (χ3v) is 9.28. The molecule has 1 aliphatic rings. The first-order chi connectivity index (χ1) is 25.4. The van der Waals surface area contributed by atoms with Gasteiger partial charge in [0.1, 0.15) is 19.0 Å².